The Labute approximate surface area is 129 Å². The molecule has 0 aliphatic rings. The number of benzene rings is 1. The molecular formula is C12H13IN4OS. The topological polar surface area (TPSA) is 70.7 Å². The van der Waals surface area contributed by atoms with Crippen molar-refractivity contribution >= 4 is 45.9 Å². The van der Waals surface area contributed by atoms with Gasteiger partial charge in [-0.1, -0.05) is 11.8 Å². The third-order valence-corrected chi connectivity index (χ3v) is 3.99. The minimum absolute atomic E-state index is 0.0474. The maximum absolute atomic E-state index is 11.9. The molecule has 0 saturated carbocycles. The highest BCUT2D eigenvalue weighted by molar-refractivity contribution is 14.1. The Morgan fingerprint density at radius 1 is 1.42 bits per heavy atom. The molecule has 1 heterocycles. The number of halogens is 1. The normalized spacial score (nSPS) is 10.5. The molecule has 0 unspecified atom stereocenters. The quantitative estimate of drug-likeness (QED) is 0.624. The number of aromatic amines is 1. The van der Waals surface area contributed by atoms with Crippen LogP contribution in [0.4, 0.5) is 5.69 Å². The van der Waals surface area contributed by atoms with Crippen LogP contribution in [0.5, 0.6) is 0 Å². The van der Waals surface area contributed by atoms with Crippen LogP contribution in [0.1, 0.15) is 11.1 Å². The van der Waals surface area contributed by atoms with Crippen molar-refractivity contribution in [2.75, 3.05) is 11.1 Å². The van der Waals surface area contributed by atoms with Crippen molar-refractivity contribution in [3.8, 4) is 0 Å². The first-order chi connectivity index (χ1) is 9.06. The highest BCUT2D eigenvalue weighted by Gasteiger charge is 2.09. The van der Waals surface area contributed by atoms with Gasteiger partial charge in [-0.05, 0) is 59.7 Å². The zero-order chi connectivity index (χ0) is 13.8. The number of rotatable bonds is 4. The van der Waals surface area contributed by atoms with Gasteiger partial charge in [0.25, 0.3) is 0 Å². The van der Waals surface area contributed by atoms with Gasteiger partial charge >= 0.3 is 0 Å². The van der Waals surface area contributed by atoms with Crippen LogP contribution >= 0.6 is 34.4 Å². The third-order valence-electron chi connectivity index (χ3n) is 2.49. The number of carbonyl (C=O) groups is 1. The molecule has 1 amide bonds. The van der Waals surface area contributed by atoms with Crippen LogP contribution in [0, 0.1) is 17.4 Å². The number of hydrogen-bond donors (Lipinski definition) is 2. The van der Waals surface area contributed by atoms with Gasteiger partial charge in [0.1, 0.15) is 6.33 Å². The number of anilines is 1. The fraction of sp³-hybridized carbons (Fsp3) is 0.250. The van der Waals surface area contributed by atoms with Gasteiger partial charge in [0.2, 0.25) is 5.91 Å². The molecule has 0 fully saturated rings. The van der Waals surface area contributed by atoms with Crippen LogP contribution in [0.2, 0.25) is 0 Å². The van der Waals surface area contributed by atoms with Crippen molar-refractivity contribution in [1.82, 2.24) is 15.2 Å². The summed E-state index contributed by atoms with van der Waals surface area (Å²) >= 11 is 3.60. The van der Waals surface area contributed by atoms with Crippen LogP contribution in [-0.2, 0) is 4.79 Å². The average Bonchev–Trinajstić information content (AvgIpc) is 2.84. The molecule has 1 aromatic heterocycles. The average molecular weight is 388 g/mol. The predicted molar refractivity (Wildman–Crippen MR) is 84.4 cm³/mol. The summed E-state index contributed by atoms with van der Waals surface area (Å²) in [5.41, 5.74) is 3.04. The number of nitrogens with zero attached hydrogens (tertiary/aromatic N) is 2. The van der Waals surface area contributed by atoms with E-state index >= 15 is 0 Å². The van der Waals surface area contributed by atoms with Crippen LogP contribution in [0.3, 0.4) is 0 Å². The van der Waals surface area contributed by atoms with E-state index < -0.39 is 0 Å². The fourth-order valence-electron chi connectivity index (χ4n) is 1.68. The summed E-state index contributed by atoms with van der Waals surface area (Å²) in [5, 5.41) is 10.0. The van der Waals surface area contributed by atoms with Crippen molar-refractivity contribution in [2.45, 2.75) is 19.0 Å². The Bertz CT molecular complexity index is 562. The van der Waals surface area contributed by atoms with Gasteiger partial charge in [-0.2, -0.15) is 5.10 Å². The lowest BCUT2D eigenvalue weighted by Crippen LogP contribution is -2.16. The summed E-state index contributed by atoms with van der Waals surface area (Å²) < 4.78 is 1.17. The number of hydrogen-bond acceptors (Lipinski definition) is 4. The van der Waals surface area contributed by atoms with Crippen molar-refractivity contribution in [3.63, 3.8) is 0 Å². The lowest BCUT2D eigenvalue weighted by Gasteiger charge is -2.11. The Kier molecular flexibility index (Phi) is 4.81. The number of amides is 1. The van der Waals surface area contributed by atoms with E-state index in [1.807, 2.05) is 26.0 Å². The zero-order valence-electron chi connectivity index (χ0n) is 10.5. The van der Waals surface area contributed by atoms with Gasteiger partial charge in [-0.25, -0.2) is 4.98 Å². The molecule has 0 spiro atoms. The third kappa shape index (κ3) is 3.93. The minimum Gasteiger partial charge on any atom is -0.325 e. The molecule has 0 bridgehead atoms. The van der Waals surface area contributed by atoms with Crippen LogP contribution in [-0.4, -0.2) is 26.8 Å². The Morgan fingerprint density at radius 3 is 2.68 bits per heavy atom. The van der Waals surface area contributed by atoms with Gasteiger partial charge in [-0.15, -0.1) is 0 Å². The standard InChI is InChI=1S/C12H13IN4OS/c1-7-3-9(13)4-8(2)11(7)16-10(18)5-19-12-14-6-15-17-12/h3-4,6H,5H2,1-2H3,(H,16,18)(H,14,15,17). The lowest BCUT2D eigenvalue weighted by atomic mass is 10.1. The van der Waals surface area contributed by atoms with Crippen molar-refractivity contribution in [2.24, 2.45) is 0 Å². The van der Waals surface area contributed by atoms with Gasteiger partial charge < -0.3 is 5.32 Å². The maximum Gasteiger partial charge on any atom is 0.234 e. The van der Waals surface area contributed by atoms with E-state index in [1.165, 1.54) is 21.7 Å². The first-order valence-electron chi connectivity index (χ1n) is 5.61. The Hall–Kier alpha value is -1.09. The molecule has 0 atom stereocenters. The molecular weight excluding hydrogens is 375 g/mol. The lowest BCUT2D eigenvalue weighted by molar-refractivity contribution is -0.113. The van der Waals surface area contributed by atoms with Gasteiger partial charge in [0, 0.05) is 9.26 Å². The van der Waals surface area contributed by atoms with E-state index in [9.17, 15) is 4.79 Å². The van der Waals surface area contributed by atoms with Crippen molar-refractivity contribution < 1.29 is 4.79 Å². The number of H-pyrrole nitrogens is 1. The molecule has 7 heteroatoms. The summed E-state index contributed by atoms with van der Waals surface area (Å²) in [4.78, 5) is 15.9. The smallest absolute Gasteiger partial charge is 0.234 e. The number of aryl methyl sites for hydroxylation is 2. The summed E-state index contributed by atoms with van der Waals surface area (Å²) in [7, 11) is 0. The second kappa shape index (κ2) is 6.38. The van der Waals surface area contributed by atoms with Gasteiger partial charge in [-0.3, -0.25) is 9.89 Å². The minimum atomic E-state index is -0.0474. The molecule has 19 heavy (non-hydrogen) atoms. The van der Waals surface area contributed by atoms with Crippen LogP contribution < -0.4 is 5.32 Å². The largest absolute Gasteiger partial charge is 0.325 e. The van der Waals surface area contributed by atoms with E-state index in [0.29, 0.717) is 10.9 Å². The van der Waals surface area contributed by atoms with E-state index in [0.717, 1.165) is 16.8 Å². The molecule has 2 aromatic rings. The molecule has 0 aliphatic heterocycles. The Balaban J connectivity index is 1.99. The summed E-state index contributed by atoms with van der Waals surface area (Å²) in [6, 6.07) is 4.10. The molecule has 0 aliphatic carbocycles. The summed E-state index contributed by atoms with van der Waals surface area (Å²) in [6.07, 6.45) is 1.42. The van der Waals surface area contributed by atoms with E-state index in [1.54, 1.807) is 0 Å². The highest BCUT2D eigenvalue weighted by atomic mass is 127. The maximum atomic E-state index is 11.9. The molecule has 1 aromatic carbocycles. The van der Waals surface area contributed by atoms with E-state index in [2.05, 4.69) is 43.1 Å². The monoisotopic (exact) mass is 388 g/mol. The first kappa shape index (κ1) is 14.3. The fourth-order valence-corrected chi connectivity index (χ4v) is 3.19. The van der Waals surface area contributed by atoms with Gasteiger partial charge in [0.15, 0.2) is 5.16 Å². The van der Waals surface area contributed by atoms with Crippen molar-refractivity contribution in [3.05, 3.63) is 33.2 Å². The molecule has 100 valence electrons. The number of aromatic nitrogens is 3. The van der Waals surface area contributed by atoms with Gasteiger partial charge in [0.05, 0.1) is 5.75 Å². The Morgan fingerprint density at radius 2 is 2.11 bits per heavy atom. The van der Waals surface area contributed by atoms with E-state index in [-0.39, 0.29) is 5.91 Å². The molecule has 2 N–H and O–H groups in total. The number of carbonyl (C=O) groups excluding carboxylic acids is 1. The molecule has 0 saturated heterocycles. The predicted octanol–water partition coefficient (Wildman–Crippen LogP) is 2.76. The molecule has 2 rings (SSSR count). The SMILES string of the molecule is Cc1cc(I)cc(C)c1NC(=O)CSc1ncn[nH]1. The molecule has 5 nitrogen and oxygen atoms in total. The summed E-state index contributed by atoms with van der Waals surface area (Å²) in [5.74, 6) is 0.258. The summed E-state index contributed by atoms with van der Waals surface area (Å²) in [6.45, 7) is 3.99. The van der Waals surface area contributed by atoms with E-state index in [4.69, 9.17) is 0 Å². The second-order valence-corrected chi connectivity index (χ2v) is 6.25. The zero-order valence-corrected chi connectivity index (χ0v) is 13.5. The first-order valence-corrected chi connectivity index (χ1v) is 7.67. The van der Waals surface area contributed by atoms with Crippen LogP contribution in [0.25, 0.3) is 0 Å². The van der Waals surface area contributed by atoms with Crippen molar-refractivity contribution in [1.29, 1.82) is 0 Å². The highest BCUT2D eigenvalue weighted by Crippen LogP contribution is 2.23. The second-order valence-electron chi connectivity index (χ2n) is 4.04. The molecule has 0 radical (unpaired) electrons. The number of nitrogens with one attached hydrogen (secondary N) is 2. The van der Waals surface area contributed by atoms with Crippen LogP contribution in [0.15, 0.2) is 23.6 Å². The number of thioether (sulfide) groups is 1.